The van der Waals surface area contributed by atoms with Crippen LogP contribution >= 0.6 is 7.37 Å². The molecule has 0 heterocycles. The molecule has 0 fully saturated rings. The molecule has 0 aliphatic rings. The fraction of sp³-hybridized carbons (Fsp3) is 0.429. The third-order valence-electron chi connectivity index (χ3n) is 3.30. The first-order chi connectivity index (χ1) is 10.9. The van der Waals surface area contributed by atoms with Gasteiger partial charge in [0.15, 0.2) is 0 Å². The van der Waals surface area contributed by atoms with Gasteiger partial charge < -0.3 is 15.1 Å². The highest BCUT2D eigenvalue weighted by atomic mass is 31.2. The number of carboxylic acids is 2. The van der Waals surface area contributed by atoms with Crippen molar-refractivity contribution in [3.63, 3.8) is 0 Å². The molecule has 0 radical (unpaired) electrons. The lowest BCUT2D eigenvalue weighted by atomic mass is 10.1. The number of benzene rings is 1. The zero-order chi connectivity index (χ0) is 18.5. The number of halogens is 3. The predicted molar refractivity (Wildman–Crippen MR) is 77.8 cm³/mol. The standard InChI is InChI=1S/C14H16F3O6P/c15-14(16,17)11-4-2-1-3-9(11)7-24(22,23)8-10(13(20)21)5-6-12(18)19/h1-4,10H,5-8H2,(H,18,19)(H,20,21)(H,22,23). The number of hydrogen-bond acceptors (Lipinski definition) is 3. The van der Waals surface area contributed by atoms with E-state index in [0.29, 0.717) is 0 Å². The maximum Gasteiger partial charge on any atom is 0.416 e. The monoisotopic (exact) mass is 368 g/mol. The molecule has 134 valence electrons. The second-order valence-electron chi connectivity index (χ2n) is 5.31. The van der Waals surface area contributed by atoms with Gasteiger partial charge in [-0.15, -0.1) is 0 Å². The average molecular weight is 368 g/mol. The number of alkyl halides is 3. The summed E-state index contributed by atoms with van der Waals surface area (Å²) >= 11 is 0. The summed E-state index contributed by atoms with van der Waals surface area (Å²) in [6.45, 7) is 0. The smallest absolute Gasteiger partial charge is 0.416 e. The Morgan fingerprint density at radius 2 is 1.75 bits per heavy atom. The van der Waals surface area contributed by atoms with Crippen LogP contribution in [0.3, 0.4) is 0 Å². The average Bonchev–Trinajstić information content (AvgIpc) is 2.41. The normalized spacial score (nSPS) is 15.5. The van der Waals surface area contributed by atoms with Crippen LogP contribution in [0.2, 0.25) is 0 Å². The molecule has 0 amide bonds. The molecule has 0 aromatic heterocycles. The first-order valence-corrected chi connectivity index (χ1v) is 8.86. The lowest BCUT2D eigenvalue weighted by Crippen LogP contribution is -2.20. The summed E-state index contributed by atoms with van der Waals surface area (Å²) in [4.78, 5) is 31.5. The van der Waals surface area contributed by atoms with Crippen LogP contribution in [0.15, 0.2) is 24.3 Å². The molecule has 10 heteroatoms. The molecule has 0 aliphatic heterocycles. The summed E-state index contributed by atoms with van der Waals surface area (Å²) in [6, 6.07) is 4.25. The number of hydrogen-bond donors (Lipinski definition) is 3. The van der Waals surface area contributed by atoms with E-state index in [9.17, 15) is 32.2 Å². The molecule has 2 unspecified atom stereocenters. The lowest BCUT2D eigenvalue weighted by Gasteiger charge is -2.19. The van der Waals surface area contributed by atoms with Gasteiger partial charge in [-0.05, 0) is 18.1 Å². The Hall–Kier alpha value is -1.86. The third-order valence-corrected chi connectivity index (χ3v) is 5.15. The summed E-state index contributed by atoms with van der Waals surface area (Å²) in [5.74, 6) is -4.15. The maximum atomic E-state index is 12.9. The Morgan fingerprint density at radius 3 is 2.25 bits per heavy atom. The van der Waals surface area contributed by atoms with Gasteiger partial charge in [0.25, 0.3) is 0 Å². The summed E-state index contributed by atoms with van der Waals surface area (Å²) in [6.07, 6.45) is -7.22. The van der Waals surface area contributed by atoms with Crippen molar-refractivity contribution >= 4 is 19.3 Å². The zero-order valence-electron chi connectivity index (χ0n) is 12.4. The highest BCUT2D eigenvalue weighted by Gasteiger charge is 2.36. The van der Waals surface area contributed by atoms with Gasteiger partial charge in [0.05, 0.1) is 17.6 Å². The molecule has 24 heavy (non-hydrogen) atoms. The van der Waals surface area contributed by atoms with Crippen molar-refractivity contribution in [2.75, 3.05) is 6.16 Å². The molecule has 3 N–H and O–H groups in total. The Balaban J connectivity index is 2.95. The van der Waals surface area contributed by atoms with Crippen LogP contribution in [-0.4, -0.2) is 33.2 Å². The first kappa shape index (κ1) is 20.2. The van der Waals surface area contributed by atoms with Crippen molar-refractivity contribution in [1.82, 2.24) is 0 Å². The number of carboxylic acid groups (broad SMARTS) is 2. The van der Waals surface area contributed by atoms with Gasteiger partial charge in [-0.2, -0.15) is 13.2 Å². The van der Waals surface area contributed by atoms with Crippen molar-refractivity contribution in [2.45, 2.75) is 25.2 Å². The molecule has 1 aromatic carbocycles. The molecule has 0 saturated carbocycles. The summed E-state index contributed by atoms with van der Waals surface area (Å²) in [7, 11) is -4.25. The van der Waals surface area contributed by atoms with Crippen molar-refractivity contribution < 1.29 is 42.4 Å². The molecule has 0 spiro atoms. The van der Waals surface area contributed by atoms with Crippen LogP contribution < -0.4 is 0 Å². The quantitative estimate of drug-likeness (QED) is 0.608. The molecule has 2 atom stereocenters. The first-order valence-electron chi connectivity index (χ1n) is 6.83. The number of carbonyl (C=O) groups is 2. The van der Waals surface area contributed by atoms with Crippen LogP contribution in [0.25, 0.3) is 0 Å². The van der Waals surface area contributed by atoms with Crippen LogP contribution in [0.5, 0.6) is 0 Å². The van der Waals surface area contributed by atoms with E-state index in [0.717, 1.165) is 18.2 Å². The SMILES string of the molecule is O=C(O)CCC(CP(=O)(O)Cc1ccccc1C(F)(F)F)C(=O)O. The van der Waals surface area contributed by atoms with Crippen molar-refractivity contribution in [3.8, 4) is 0 Å². The maximum absolute atomic E-state index is 12.9. The van der Waals surface area contributed by atoms with Crippen LogP contribution in [0.1, 0.15) is 24.0 Å². The predicted octanol–water partition coefficient (Wildman–Crippen LogP) is 3.04. The van der Waals surface area contributed by atoms with E-state index in [-0.39, 0.29) is 6.42 Å². The van der Waals surface area contributed by atoms with Crippen molar-refractivity contribution in [3.05, 3.63) is 35.4 Å². The van der Waals surface area contributed by atoms with E-state index >= 15 is 0 Å². The summed E-state index contributed by atoms with van der Waals surface area (Å²) in [5.41, 5.74) is -1.46. The van der Waals surface area contributed by atoms with E-state index < -0.39 is 61.3 Å². The topological polar surface area (TPSA) is 112 Å². The molecule has 0 bridgehead atoms. The minimum atomic E-state index is -4.70. The van der Waals surface area contributed by atoms with E-state index in [1.165, 1.54) is 6.07 Å². The fourth-order valence-electron chi connectivity index (χ4n) is 2.20. The number of rotatable bonds is 8. The lowest BCUT2D eigenvalue weighted by molar-refractivity contribution is -0.142. The van der Waals surface area contributed by atoms with Crippen molar-refractivity contribution in [1.29, 1.82) is 0 Å². The van der Waals surface area contributed by atoms with Crippen LogP contribution in [0, 0.1) is 5.92 Å². The molecule has 1 aromatic rings. The molecular weight excluding hydrogens is 352 g/mol. The second-order valence-corrected chi connectivity index (χ2v) is 7.68. The van der Waals surface area contributed by atoms with E-state index in [1.54, 1.807) is 0 Å². The summed E-state index contributed by atoms with van der Waals surface area (Å²) < 4.78 is 50.9. The Bertz CT molecular complexity index is 658. The summed E-state index contributed by atoms with van der Waals surface area (Å²) in [5, 5.41) is 17.5. The molecule has 0 aliphatic carbocycles. The molecule has 0 saturated heterocycles. The van der Waals surface area contributed by atoms with Gasteiger partial charge in [-0.25, -0.2) is 0 Å². The highest BCUT2D eigenvalue weighted by molar-refractivity contribution is 7.57. The minimum absolute atomic E-state index is 0.379. The second kappa shape index (κ2) is 7.81. The van der Waals surface area contributed by atoms with Crippen LogP contribution in [0.4, 0.5) is 13.2 Å². The fourth-order valence-corrected chi connectivity index (χ4v) is 4.17. The molecular formula is C14H16F3O6P. The third kappa shape index (κ3) is 6.33. The Labute approximate surface area is 135 Å². The van der Waals surface area contributed by atoms with Crippen LogP contribution in [-0.2, 0) is 26.5 Å². The van der Waals surface area contributed by atoms with E-state index in [2.05, 4.69) is 0 Å². The van der Waals surface area contributed by atoms with E-state index in [4.69, 9.17) is 10.2 Å². The zero-order valence-corrected chi connectivity index (χ0v) is 13.3. The largest absolute Gasteiger partial charge is 0.481 e. The van der Waals surface area contributed by atoms with Gasteiger partial charge in [-0.1, -0.05) is 18.2 Å². The highest BCUT2D eigenvalue weighted by Crippen LogP contribution is 2.48. The van der Waals surface area contributed by atoms with Gasteiger partial charge in [0.2, 0.25) is 7.37 Å². The Kier molecular flexibility index (Phi) is 6.57. The number of aliphatic carboxylic acids is 2. The van der Waals surface area contributed by atoms with Gasteiger partial charge in [-0.3, -0.25) is 14.2 Å². The molecule has 1 rings (SSSR count). The van der Waals surface area contributed by atoms with Gasteiger partial charge in [0.1, 0.15) is 0 Å². The van der Waals surface area contributed by atoms with Gasteiger partial charge >= 0.3 is 18.1 Å². The Morgan fingerprint density at radius 1 is 1.17 bits per heavy atom. The van der Waals surface area contributed by atoms with Crippen molar-refractivity contribution in [2.24, 2.45) is 5.92 Å². The van der Waals surface area contributed by atoms with E-state index in [1.807, 2.05) is 0 Å². The molecule has 6 nitrogen and oxygen atoms in total. The van der Waals surface area contributed by atoms with Gasteiger partial charge in [0, 0.05) is 12.6 Å². The minimum Gasteiger partial charge on any atom is -0.481 e.